The predicted octanol–water partition coefficient (Wildman–Crippen LogP) is 3.44. The molecule has 1 rings (SSSR count). The average molecular weight is 253 g/mol. The second kappa shape index (κ2) is 7.94. The summed E-state index contributed by atoms with van der Waals surface area (Å²) in [6.45, 7) is 4.33. The second-order valence-electron chi connectivity index (χ2n) is 3.61. The van der Waals surface area contributed by atoms with E-state index >= 15 is 0 Å². The molecule has 0 spiro atoms. The third kappa shape index (κ3) is 4.64. The minimum absolute atomic E-state index is 0.585. The van der Waals surface area contributed by atoms with Gasteiger partial charge in [-0.3, -0.25) is 0 Å². The van der Waals surface area contributed by atoms with Crippen LogP contribution in [-0.4, -0.2) is 19.8 Å². The summed E-state index contributed by atoms with van der Waals surface area (Å²) in [6, 6.07) is 7.45. The fourth-order valence-electron chi connectivity index (χ4n) is 1.48. The van der Waals surface area contributed by atoms with Crippen LogP contribution >= 0.6 is 11.6 Å². The molecule has 1 N–H and O–H groups in total. The second-order valence-corrected chi connectivity index (χ2v) is 4.01. The molecule has 0 radical (unpaired) electrons. The van der Waals surface area contributed by atoms with Gasteiger partial charge in [0.1, 0.15) is 6.07 Å². The Morgan fingerprint density at radius 1 is 1.41 bits per heavy atom. The minimum Gasteiger partial charge on any atom is -0.383 e. The number of hydrogen-bond acceptors (Lipinski definition) is 3. The summed E-state index contributed by atoms with van der Waals surface area (Å²) < 4.78 is 5.25. The van der Waals surface area contributed by atoms with Crippen molar-refractivity contribution >= 4 is 17.3 Å². The summed E-state index contributed by atoms with van der Waals surface area (Å²) in [6.07, 6.45) is 2.00. The number of hydrogen-bond donors (Lipinski definition) is 1. The first-order valence-electron chi connectivity index (χ1n) is 5.79. The number of rotatable bonds is 7. The molecule has 0 aliphatic rings. The molecule has 0 heterocycles. The smallest absolute Gasteiger partial charge is 0.101 e. The van der Waals surface area contributed by atoms with Gasteiger partial charge >= 0.3 is 0 Å². The zero-order chi connectivity index (χ0) is 12.5. The van der Waals surface area contributed by atoms with Crippen molar-refractivity contribution in [3.05, 3.63) is 28.8 Å². The molecular weight excluding hydrogens is 236 g/mol. The SMILES string of the molecule is CCOCCCCNc1c(Cl)cccc1C#N. The maximum atomic E-state index is 8.95. The van der Waals surface area contributed by atoms with E-state index in [0.717, 1.165) is 38.3 Å². The normalized spacial score (nSPS) is 9.94. The fourth-order valence-corrected chi connectivity index (χ4v) is 1.73. The Morgan fingerprint density at radius 2 is 2.24 bits per heavy atom. The van der Waals surface area contributed by atoms with Crippen molar-refractivity contribution in [1.82, 2.24) is 0 Å². The maximum absolute atomic E-state index is 8.95. The Balaban J connectivity index is 2.39. The molecule has 0 bridgehead atoms. The molecule has 17 heavy (non-hydrogen) atoms. The molecule has 0 aromatic heterocycles. The highest BCUT2D eigenvalue weighted by Gasteiger charge is 2.05. The Kier molecular flexibility index (Phi) is 6.46. The lowest BCUT2D eigenvalue weighted by Gasteiger charge is -2.09. The van der Waals surface area contributed by atoms with Gasteiger partial charge in [0.15, 0.2) is 0 Å². The molecular formula is C13H17ClN2O. The van der Waals surface area contributed by atoms with Gasteiger partial charge in [0.2, 0.25) is 0 Å². The Hall–Kier alpha value is -1.24. The number of anilines is 1. The maximum Gasteiger partial charge on any atom is 0.101 e. The molecule has 0 saturated carbocycles. The first-order chi connectivity index (χ1) is 8.29. The number of para-hydroxylation sites is 1. The summed E-state index contributed by atoms with van der Waals surface area (Å²) in [7, 11) is 0. The van der Waals surface area contributed by atoms with E-state index in [1.54, 1.807) is 18.2 Å². The highest BCUT2D eigenvalue weighted by molar-refractivity contribution is 6.33. The predicted molar refractivity (Wildman–Crippen MR) is 70.4 cm³/mol. The first kappa shape index (κ1) is 13.8. The number of nitrogens with one attached hydrogen (secondary N) is 1. The molecule has 0 fully saturated rings. The van der Waals surface area contributed by atoms with Gasteiger partial charge in [0, 0.05) is 19.8 Å². The number of ether oxygens (including phenoxy) is 1. The lowest BCUT2D eigenvalue weighted by Crippen LogP contribution is -2.05. The van der Waals surface area contributed by atoms with Gasteiger partial charge in [-0.05, 0) is 31.9 Å². The molecule has 0 aliphatic carbocycles. The highest BCUT2D eigenvalue weighted by atomic mass is 35.5. The molecule has 3 nitrogen and oxygen atoms in total. The Morgan fingerprint density at radius 3 is 2.94 bits per heavy atom. The van der Waals surface area contributed by atoms with Crippen LogP contribution in [0.1, 0.15) is 25.3 Å². The largest absolute Gasteiger partial charge is 0.383 e. The van der Waals surface area contributed by atoms with E-state index < -0.39 is 0 Å². The molecule has 0 saturated heterocycles. The average Bonchev–Trinajstić information content (AvgIpc) is 2.35. The van der Waals surface area contributed by atoms with Crippen molar-refractivity contribution in [2.45, 2.75) is 19.8 Å². The van der Waals surface area contributed by atoms with Gasteiger partial charge in [0.05, 0.1) is 16.3 Å². The molecule has 92 valence electrons. The third-order valence-corrected chi connectivity index (χ3v) is 2.67. The van der Waals surface area contributed by atoms with E-state index in [-0.39, 0.29) is 0 Å². The summed E-state index contributed by atoms with van der Waals surface area (Å²) in [5.41, 5.74) is 1.32. The molecule has 4 heteroatoms. The molecule has 1 aromatic rings. The van der Waals surface area contributed by atoms with E-state index in [4.69, 9.17) is 21.6 Å². The lowest BCUT2D eigenvalue weighted by atomic mass is 10.2. The summed E-state index contributed by atoms with van der Waals surface area (Å²) in [5, 5.41) is 12.7. The van der Waals surface area contributed by atoms with Crippen molar-refractivity contribution in [1.29, 1.82) is 5.26 Å². The number of halogens is 1. The molecule has 0 unspecified atom stereocenters. The van der Waals surface area contributed by atoms with Gasteiger partial charge in [-0.25, -0.2) is 0 Å². The monoisotopic (exact) mass is 252 g/mol. The van der Waals surface area contributed by atoms with E-state index in [0.29, 0.717) is 10.6 Å². The first-order valence-corrected chi connectivity index (χ1v) is 6.17. The van der Waals surface area contributed by atoms with E-state index in [1.807, 2.05) is 6.92 Å². The topological polar surface area (TPSA) is 45.0 Å². The van der Waals surface area contributed by atoms with Crippen LogP contribution in [0.15, 0.2) is 18.2 Å². The highest BCUT2D eigenvalue weighted by Crippen LogP contribution is 2.25. The van der Waals surface area contributed by atoms with Gasteiger partial charge in [-0.15, -0.1) is 0 Å². The summed E-state index contributed by atoms with van der Waals surface area (Å²) in [5.74, 6) is 0. The van der Waals surface area contributed by atoms with Crippen molar-refractivity contribution in [2.24, 2.45) is 0 Å². The Bertz CT molecular complexity index is 387. The van der Waals surface area contributed by atoms with Gasteiger partial charge in [-0.2, -0.15) is 5.26 Å². The molecule has 0 amide bonds. The zero-order valence-corrected chi connectivity index (χ0v) is 10.8. The number of benzene rings is 1. The molecule has 0 atom stereocenters. The van der Waals surface area contributed by atoms with E-state index in [9.17, 15) is 0 Å². The van der Waals surface area contributed by atoms with Crippen LogP contribution in [0.5, 0.6) is 0 Å². The summed E-state index contributed by atoms with van der Waals surface area (Å²) in [4.78, 5) is 0. The lowest BCUT2D eigenvalue weighted by molar-refractivity contribution is 0.144. The van der Waals surface area contributed by atoms with Crippen LogP contribution in [0.25, 0.3) is 0 Å². The van der Waals surface area contributed by atoms with Gasteiger partial charge < -0.3 is 10.1 Å². The van der Waals surface area contributed by atoms with Crippen LogP contribution in [0, 0.1) is 11.3 Å². The third-order valence-electron chi connectivity index (χ3n) is 2.36. The standard InChI is InChI=1S/C13H17ClN2O/c1-2-17-9-4-3-8-16-13-11(10-15)6-5-7-12(13)14/h5-7,16H,2-4,8-9H2,1H3. The zero-order valence-electron chi connectivity index (χ0n) is 10.0. The van der Waals surface area contributed by atoms with Gasteiger partial charge in [0.25, 0.3) is 0 Å². The Labute approximate surface area is 107 Å². The van der Waals surface area contributed by atoms with Crippen molar-refractivity contribution in [3.8, 4) is 6.07 Å². The van der Waals surface area contributed by atoms with Crippen molar-refractivity contribution in [3.63, 3.8) is 0 Å². The molecule has 0 aliphatic heterocycles. The number of nitriles is 1. The van der Waals surface area contributed by atoms with Crippen LogP contribution in [0.3, 0.4) is 0 Å². The quantitative estimate of drug-likeness (QED) is 0.756. The van der Waals surface area contributed by atoms with Gasteiger partial charge in [-0.1, -0.05) is 17.7 Å². The van der Waals surface area contributed by atoms with Crippen LogP contribution in [-0.2, 0) is 4.74 Å². The van der Waals surface area contributed by atoms with E-state index in [1.165, 1.54) is 0 Å². The van der Waals surface area contributed by atoms with E-state index in [2.05, 4.69) is 11.4 Å². The number of nitrogens with zero attached hydrogens (tertiary/aromatic N) is 1. The summed E-state index contributed by atoms with van der Waals surface area (Å²) >= 11 is 6.03. The fraction of sp³-hybridized carbons (Fsp3) is 0.462. The molecule has 1 aromatic carbocycles. The van der Waals surface area contributed by atoms with Crippen LogP contribution in [0.2, 0.25) is 5.02 Å². The van der Waals surface area contributed by atoms with Crippen LogP contribution < -0.4 is 5.32 Å². The minimum atomic E-state index is 0.585. The van der Waals surface area contributed by atoms with Crippen molar-refractivity contribution in [2.75, 3.05) is 25.1 Å². The van der Waals surface area contributed by atoms with Crippen molar-refractivity contribution < 1.29 is 4.74 Å². The van der Waals surface area contributed by atoms with Crippen LogP contribution in [0.4, 0.5) is 5.69 Å². The number of unbranched alkanes of at least 4 members (excludes halogenated alkanes) is 1.